The quantitative estimate of drug-likeness (QED) is 0.882. The number of carbonyl (C=O) groups excluding carboxylic acids is 1. The van der Waals surface area contributed by atoms with Gasteiger partial charge >= 0.3 is 0 Å². The van der Waals surface area contributed by atoms with E-state index in [-0.39, 0.29) is 16.7 Å². The van der Waals surface area contributed by atoms with Gasteiger partial charge in [-0.2, -0.15) is 0 Å². The van der Waals surface area contributed by atoms with Crippen molar-refractivity contribution in [3.63, 3.8) is 0 Å². The van der Waals surface area contributed by atoms with Gasteiger partial charge in [-0.1, -0.05) is 6.92 Å². The zero-order chi connectivity index (χ0) is 13.5. The summed E-state index contributed by atoms with van der Waals surface area (Å²) in [5, 5.41) is 7.78. The summed E-state index contributed by atoms with van der Waals surface area (Å²) in [7, 11) is -3.73. The third-order valence-corrected chi connectivity index (χ3v) is 4.54. The minimum absolute atomic E-state index is 0.00663. The lowest BCUT2D eigenvalue weighted by Gasteiger charge is -2.08. The van der Waals surface area contributed by atoms with E-state index in [1.54, 1.807) is 0 Å². The molecule has 1 amide bonds. The summed E-state index contributed by atoms with van der Waals surface area (Å²) in [6.07, 6.45) is 0.902. The van der Waals surface area contributed by atoms with Gasteiger partial charge in [0, 0.05) is 10.4 Å². The van der Waals surface area contributed by atoms with Crippen LogP contribution in [0.1, 0.15) is 13.3 Å². The van der Waals surface area contributed by atoms with Crippen LogP contribution in [0.5, 0.6) is 0 Å². The second-order valence-electron chi connectivity index (χ2n) is 4.50. The summed E-state index contributed by atoms with van der Waals surface area (Å²) in [6, 6.07) is 4.27. The highest BCUT2D eigenvalue weighted by atomic mass is 79.9. The zero-order valence-corrected chi connectivity index (χ0v) is 12.1. The molecule has 18 heavy (non-hydrogen) atoms. The molecule has 7 heteroatoms. The van der Waals surface area contributed by atoms with Crippen LogP contribution in [0, 0.1) is 11.8 Å². The lowest BCUT2D eigenvalue weighted by molar-refractivity contribution is -0.117. The normalized spacial score (nSPS) is 22.6. The maximum atomic E-state index is 11.7. The van der Waals surface area contributed by atoms with Gasteiger partial charge in [0.2, 0.25) is 15.9 Å². The van der Waals surface area contributed by atoms with Crippen molar-refractivity contribution in [1.82, 2.24) is 0 Å². The molecule has 0 aliphatic heterocycles. The molecule has 0 bridgehead atoms. The second kappa shape index (κ2) is 4.64. The molecular formula is C11H13BrN2O3S. The fourth-order valence-corrected chi connectivity index (χ4v) is 2.86. The van der Waals surface area contributed by atoms with Gasteiger partial charge < -0.3 is 5.32 Å². The molecule has 3 N–H and O–H groups in total. The van der Waals surface area contributed by atoms with Gasteiger partial charge in [0.25, 0.3) is 0 Å². The van der Waals surface area contributed by atoms with E-state index in [9.17, 15) is 13.2 Å². The molecule has 2 rings (SSSR count). The lowest BCUT2D eigenvalue weighted by Crippen LogP contribution is -2.16. The van der Waals surface area contributed by atoms with E-state index in [2.05, 4.69) is 21.2 Å². The van der Waals surface area contributed by atoms with E-state index in [4.69, 9.17) is 5.14 Å². The predicted molar refractivity (Wildman–Crippen MR) is 71.4 cm³/mol. The van der Waals surface area contributed by atoms with Crippen molar-refractivity contribution in [2.45, 2.75) is 18.2 Å². The summed E-state index contributed by atoms with van der Waals surface area (Å²) in [5.41, 5.74) is 0.548. The SMILES string of the molecule is CC1CC1C(=O)Nc1ccc(S(N)(=O)=O)cc1Br. The second-order valence-corrected chi connectivity index (χ2v) is 6.91. The first-order valence-corrected chi connectivity index (χ1v) is 7.76. The molecule has 5 nitrogen and oxygen atoms in total. The molecule has 2 unspecified atom stereocenters. The number of nitrogens with two attached hydrogens (primary N) is 1. The van der Waals surface area contributed by atoms with Crippen LogP contribution in [-0.2, 0) is 14.8 Å². The average Bonchev–Trinajstić information content (AvgIpc) is 2.97. The highest BCUT2D eigenvalue weighted by Crippen LogP contribution is 2.39. The third-order valence-electron chi connectivity index (χ3n) is 2.97. The molecule has 0 radical (unpaired) electrons. The molecule has 1 aliphatic rings. The molecule has 2 atom stereocenters. The Balaban J connectivity index is 2.18. The number of primary sulfonamides is 1. The first-order chi connectivity index (χ1) is 8.29. The van der Waals surface area contributed by atoms with Crippen molar-refractivity contribution in [1.29, 1.82) is 0 Å². The Bertz CT molecular complexity index is 600. The number of anilines is 1. The van der Waals surface area contributed by atoms with Crippen molar-refractivity contribution in [3.05, 3.63) is 22.7 Å². The number of sulfonamides is 1. The van der Waals surface area contributed by atoms with Gasteiger partial charge in [0.05, 0.1) is 10.6 Å². The van der Waals surface area contributed by atoms with Gasteiger partial charge in [0.15, 0.2) is 0 Å². The molecule has 1 aromatic rings. The lowest BCUT2D eigenvalue weighted by atomic mass is 10.3. The maximum Gasteiger partial charge on any atom is 0.238 e. The monoisotopic (exact) mass is 332 g/mol. The third kappa shape index (κ3) is 2.90. The summed E-state index contributed by atoms with van der Waals surface area (Å²) in [6.45, 7) is 2.02. The Morgan fingerprint density at radius 3 is 2.56 bits per heavy atom. The van der Waals surface area contributed by atoms with Gasteiger partial charge in [-0.3, -0.25) is 4.79 Å². The van der Waals surface area contributed by atoms with Crippen LogP contribution < -0.4 is 10.5 Å². The minimum Gasteiger partial charge on any atom is -0.325 e. The van der Waals surface area contributed by atoms with Crippen molar-refractivity contribution in [3.8, 4) is 0 Å². The number of hydrogen-bond acceptors (Lipinski definition) is 3. The van der Waals surface area contributed by atoms with E-state index < -0.39 is 10.0 Å². The van der Waals surface area contributed by atoms with Crippen LogP contribution >= 0.6 is 15.9 Å². The van der Waals surface area contributed by atoms with Crippen LogP contribution in [-0.4, -0.2) is 14.3 Å². The molecule has 0 saturated heterocycles. The van der Waals surface area contributed by atoms with Crippen LogP contribution in [0.25, 0.3) is 0 Å². The smallest absolute Gasteiger partial charge is 0.238 e. The van der Waals surface area contributed by atoms with Gasteiger partial charge in [-0.15, -0.1) is 0 Å². The summed E-state index contributed by atoms with van der Waals surface area (Å²) >= 11 is 3.22. The number of carbonyl (C=O) groups is 1. The average molecular weight is 333 g/mol. The molecule has 1 fully saturated rings. The molecule has 0 spiro atoms. The van der Waals surface area contributed by atoms with Gasteiger partial charge in [0.1, 0.15) is 0 Å². The number of amides is 1. The van der Waals surface area contributed by atoms with Crippen LogP contribution in [0.4, 0.5) is 5.69 Å². The Kier molecular flexibility index (Phi) is 3.48. The van der Waals surface area contributed by atoms with E-state index >= 15 is 0 Å². The van der Waals surface area contributed by atoms with Crippen molar-refractivity contribution >= 4 is 37.5 Å². The van der Waals surface area contributed by atoms with E-state index in [1.165, 1.54) is 18.2 Å². The first kappa shape index (κ1) is 13.5. The van der Waals surface area contributed by atoms with E-state index in [1.807, 2.05) is 6.92 Å². The topological polar surface area (TPSA) is 89.3 Å². The van der Waals surface area contributed by atoms with Gasteiger partial charge in [-0.25, -0.2) is 13.6 Å². The molecule has 1 saturated carbocycles. The standard InChI is InChI=1S/C11H13BrN2O3S/c1-6-4-8(6)11(15)14-10-3-2-7(5-9(10)12)18(13,16)17/h2-3,5-6,8H,4H2,1H3,(H,14,15)(H2,13,16,17). The minimum atomic E-state index is -3.73. The molecule has 0 heterocycles. The van der Waals surface area contributed by atoms with E-state index in [0.29, 0.717) is 16.1 Å². The highest BCUT2D eigenvalue weighted by molar-refractivity contribution is 9.10. The summed E-state index contributed by atoms with van der Waals surface area (Å²) < 4.78 is 22.8. The summed E-state index contributed by atoms with van der Waals surface area (Å²) in [4.78, 5) is 11.8. The van der Waals surface area contributed by atoms with Crippen molar-refractivity contribution in [2.75, 3.05) is 5.32 Å². The number of halogens is 1. The Morgan fingerprint density at radius 1 is 1.50 bits per heavy atom. The van der Waals surface area contributed by atoms with Crippen LogP contribution in [0.3, 0.4) is 0 Å². The molecule has 0 aromatic heterocycles. The molecule has 1 aromatic carbocycles. The Hall–Kier alpha value is -0.920. The predicted octanol–water partition coefficient (Wildman–Crippen LogP) is 1.69. The fraction of sp³-hybridized carbons (Fsp3) is 0.364. The number of rotatable bonds is 3. The Labute approximate surface area is 114 Å². The zero-order valence-electron chi connectivity index (χ0n) is 9.68. The number of hydrogen-bond donors (Lipinski definition) is 2. The largest absolute Gasteiger partial charge is 0.325 e. The van der Waals surface area contributed by atoms with Crippen molar-refractivity contribution in [2.24, 2.45) is 17.0 Å². The molecular weight excluding hydrogens is 320 g/mol. The Morgan fingerprint density at radius 2 is 2.11 bits per heavy atom. The molecule has 1 aliphatic carbocycles. The number of benzene rings is 1. The van der Waals surface area contributed by atoms with Crippen LogP contribution in [0.15, 0.2) is 27.6 Å². The summed E-state index contributed by atoms with van der Waals surface area (Å²) in [5.74, 6) is 0.453. The maximum absolute atomic E-state index is 11.7. The fourth-order valence-electron chi connectivity index (χ4n) is 1.69. The first-order valence-electron chi connectivity index (χ1n) is 5.42. The number of nitrogens with one attached hydrogen (secondary N) is 1. The van der Waals surface area contributed by atoms with Crippen LogP contribution in [0.2, 0.25) is 0 Å². The highest BCUT2D eigenvalue weighted by Gasteiger charge is 2.39. The molecule has 98 valence electrons. The van der Waals surface area contributed by atoms with Gasteiger partial charge in [-0.05, 0) is 46.5 Å². The van der Waals surface area contributed by atoms with E-state index in [0.717, 1.165) is 6.42 Å². The van der Waals surface area contributed by atoms with Crippen molar-refractivity contribution < 1.29 is 13.2 Å².